The van der Waals surface area contributed by atoms with Crippen LogP contribution in [-0.4, -0.2) is 10.5 Å². The number of amides is 1. The molecule has 3 nitrogen and oxygen atoms in total. The quantitative estimate of drug-likeness (QED) is 0.776. The van der Waals surface area contributed by atoms with E-state index in [-0.39, 0.29) is 5.91 Å². The second-order valence-corrected chi connectivity index (χ2v) is 4.77. The second-order valence-electron chi connectivity index (χ2n) is 3.90. The summed E-state index contributed by atoms with van der Waals surface area (Å²) in [5.74, 6) is 0.436. The molecule has 0 aliphatic carbocycles. The van der Waals surface area contributed by atoms with Gasteiger partial charge in [0, 0.05) is 25.0 Å². The summed E-state index contributed by atoms with van der Waals surface area (Å²) in [5, 5.41) is 1.93. The van der Waals surface area contributed by atoms with Crippen molar-refractivity contribution in [2.45, 2.75) is 33.1 Å². The Hall–Kier alpha value is -0.900. The Kier molecular flexibility index (Phi) is 4.75. The molecule has 84 valence electrons. The largest absolute Gasteiger partial charge is 0.327 e. The monoisotopic (exact) mass is 226 g/mol. The number of aromatic nitrogens is 1. The average molecular weight is 226 g/mol. The molecule has 0 bridgehead atoms. The number of carbonyl (C=O) groups excluding carboxylic acids is 1. The predicted octanol–water partition coefficient (Wildman–Crippen LogP) is 2.34. The molecular formula is C11H18N2OS. The van der Waals surface area contributed by atoms with Gasteiger partial charge in [0.2, 0.25) is 5.91 Å². The van der Waals surface area contributed by atoms with Crippen LogP contribution in [0.25, 0.3) is 0 Å². The van der Waals surface area contributed by atoms with E-state index in [0.717, 1.165) is 17.6 Å². The number of rotatable bonds is 4. The fourth-order valence-corrected chi connectivity index (χ4v) is 2.23. The first-order valence-corrected chi connectivity index (χ1v) is 6.19. The molecule has 1 rings (SSSR count). The highest BCUT2D eigenvalue weighted by atomic mass is 32.1. The number of hydrogen-bond acceptors (Lipinski definition) is 2. The minimum absolute atomic E-state index is 0.00556. The molecule has 1 aromatic rings. The Morgan fingerprint density at radius 3 is 2.93 bits per heavy atom. The summed E-state index contributed by atoms with van der Waals surface area (Å²) in [7, 11) is 1.90. The van der Waals surface area contributed by atoms with Crippen molar-refractivity contribution in [3.8, 4) is 0 Å². The van der Waals surface area contributed by atoms with E-state index in [1.165, 1.54) is 11.3 Å². The van der Waals surface area contributed by atoms with Crippen LogP contribution in [0.2, 0.25) is 0 Å². The first-order valence-electron chi connectivity index (χ1n) is 5.31. The fraction of sp³-hybridized carbons (Fsp3) is 0.636. The van der Waals surface area contributed by atoms with Crippen molar-refractivity contribution in [2.75, 3.05) is 0 Å². The van der Waals surface area contributed by atoms with Gasteiger partial charge in [0.15, 0.2) is 4.80 Å². The van der Waals surface area contributed by atoms with Gasteiger partial charge in [-0.3, -0.25) is 4.79 Å². The molecule has 1 atom stereocenters. The maximum atomic E-state index is 11.6. The minimum atomic E-state index is -0.00556. The standard InChI is InChI=1S/C11H18N2OS/c1-4-5-9(2)8-10(14)12-11-13(3)6-7-15-11/h6-7,9H,4-5,8H2,1-3H3. The lowest BCUT2D eigenvalue weighted by atomic mass is 10.0. The van der Waals surface area contributed by atoms with Crippen LogP contribution in [0.1, 0.15) is 33.1 Å². The normalized spacial score (nSPS) is 14.2. The van der Waals surface area contributed by atoms with Gasteiger partial charge in [-0.25, -0.2) is 0 Å². The van der Waals surface area contributed by atoms with E-state index < -0.39 is 0 Å². The highest BCUT2D eigenvalue weighted by Crippen LogP contribution is 2.10. The molecule has 0 spiro atoms. The fourth-order valence-electron chi connectivity index (χ4n) is 1.48. The van der Waals surface area contributed by atoms with Gasteiger partial charge in [-0.1, -0.05) is 26.7 Å². The molecule has 4 heteroatoms. The molecule has 0 fully saturated rings. The SMILES string of the molecule is CCCC(C)CC(=O)N=c1sccn1C. The topological polar surface area (TPSA) is 34.4 Å². The van der Waals surface area contributed by atoms with Gasteiger partial charge < -0.3 is 4.57 Å². The van der Waals surface area contributed by atoms with Crippen LogP contribution in [0.5, 0.6) is 0 Å². The summed E-state index contributed by atoms with van der Waals surface area (Å²) in [5.41, 5.74) is 0. The third-order valence-corrected chi connectivity index (χ3v) is 3.13. The van der Waals surface area contributed by atoms with Crippen molar-refractivity contribution in [2.24, 2.45) is 18.0 Å². The molecule has 0 aliphatic heterocycles. The Morgan fingerprint density at radius 2 is 2.40 bits per heavy atom. The van der Waals surface area contributed by atoms with Crippen LogP contribution in [0.4, 0.5) is 0 Å². The summed E-state index contributed by atoms with van der Waals surface area (Å²) in [6.45, 7) is 4.24. The lowest BCUT2D eigenvalue weighted by Crippen LogP contribution is -2.13. The number of thiazole rings is 1. The van der Waals surface area contributed by atoms with Crippen molar-refractivity contribution >= 4 is 17.2 Å². The molecule has 0 radical (unpaired) electrons. The van der Waals surface area contributed by atoms with Crippen LogP contribution < -0.4 is 4.80 Å². The van der Waals surface area contributed by atoms with Crippen molar-refractivity contribution < 1.29 is 4.79 Å². The average Bonchev–Trinajstić information content (AvgIpc) is 2.52. The number of hydrogen-bond donors (Lipinski definition) is 0. The third-order valence-electron chi connectivity index (χ3n) is 2.28. The van der Waals surface area contributed by atoms with E-state index in [1.807, 2.05) is 23.2 Å². The third kappa shape index (κ3) is 4.00. The van der Waals surface area contributed by atoms with E-state index in [0.29, 0.717) is 12.3 Å². The van der Waals surface area contributed by atoms with Crippen LogP contribution in [-0.2, 0) is 11.8 Å². The molecule has 0 aromatic carbocycles. The highest BCUT2D eigenvalue weighted by Gasteiger charge is 2.07. The summed E-state index contributed by atoms with van der Waals surface area (Å²) in [6, 6.07) is 0. The molecular weight excluding hydrogens is 208 g/mol. The zero-order chi connectivity index (χ0) is 11.3. The van der Waals surface area contributed by atoms with Crippen LogP contribution in [0, 0.1) is 5.92 Å². The molecule has 0 aliphatic rings. The zero-order valence-corrected chi connectivity index (χ0v) is 10.4. The maximum absolute atomic E-state index is 11.6. The summed E-state index contributed by atoms with van der Waals surface area (Å²) in [4.78, 5) is 16.4. The van der Waals surface area contributed by atoms with Crippen LogP contribution in [0.15, 0.2) is 16.6 Å². The van der Waals surface area contributed by atoms with Gasteiger partial charge in [-0.15, -0.1) is 11.3 Å². The molecule has 0 saturated heterocycles. The Bertz CT molecular complexity index is 378. The molecule has 1 aromatic heterocycles. The molecule has 1 amide bonds. The zero-order valence-electron chi connectivity index (χ0n) is 9.56. The van der Waals surface area contributed by atoms with E-state index in [1.54, 1.807) is 0 Å². The predicted molar refractivity (Wildman–Crippen MR) is 62.5 cm³/mol. The van der Waals surface area contributed by atoms with E-state index in [2.05, 4.69) is 18.8 Å². The lowest BCUT2D eigenvalue weighted by molar-refractivity contribution is -0.118. The van der Waals surface area contributed by atoms with Gasteiger partial charge in [-0.05, 0) is 5.92 Å². The molecule has 1 unspecified atom stereocenters. The number of carbonyl (C=O) groups is 1. The Labute approximate surface area is 94.5 Å². The van der Waals surface area contributed by atoms with E-state index >= 15 is 0 Å². The summed E-state index contributed by atoms with van der Waals surface area (Å²) < 4.78 is 1.87. The van der Waals surface area contributed by atoms with Crippen molar-refractivity contribution in [1.82, 2.24) is 4.57 Å². The Balaban J connectivity index is 2.60. The number of nitrogens with zero attached hydrogens (tertiary/aromatic N) is 2. The highest BCUT2D eigenvalue weighted by molar-refractivity contribution is 7.07. The van der Waals surface area contributed by atoms with Gasteiger partial charge in [0.1, 0.15) is 0 Å². The van der Waals surface area contributed by atoms with Crippen molar-refractivity contribution in [1.29, 1.82) is 0 Å². The molecule has 0 saturated carbocycles. The molecule has 1 heterocycles. The number of aryl methyl sites for hydroxylation is 1. The lowest BCUT2D eigenvalue weighted by Gasteiger charge is -2.05. The summed E-state index contributed by atoms with van der Waals surface area (Å²) in [6.07, 6.45) is 4.69. The van der Waals surface area contributed by atoms with E-state index in [4.69, 9.17) is 0 Å². The van der Waals surface area contributed by atoms with Gasteiger partial charge in [0.25, 0.3) is 0 Å². The van der Waals surface area contributed by atoms with Crippen molar-refractivity contribution in [3.63, 3.8) is 0 Å². The van der Waals surface area contributed by atoms with Crippen LogP contribution in [0.3, 0.4) is 0 Å². The first kappa shape index (κ1) is 12.2. The maximum Gasteiger partial charge on any atom is 0.248 e. The van der Waals surface area contributed by atoms with Gasteiger partial charge in [0.05, 0.1) is 0 Å². The van der Waals surface area contributed by atoms with Gasteiger partial charge in [-0.2, -0.15) is 4.99 Å². The molecule has 0 N–H and O–H groups in total. The van der Waals surface area contributed by atoms with Gasteiger partial charge >= 0.3 is 0 Å². The Morgan fingerprint density at radius 1 is 1.67 bits per heavy atom. The van der Waals surface area contributed by atoms with Crippen molar-refractivity contribution in [3.05, 3.63) is 16.4 Å². The van der Waals surface area contributed by atoms with Crippen LogP contribution >= 0.6 is 11.3 Å². The summed E-state index contributed by atoms with van der Waals surface area (Å²) >= 11 is 1.49. The first-order chi connectivity index (χ1) is 7.13. The molecule has 15 heavy (non-hydrogen) atoms. The second kappa shape index (κ2) is 5.85. The minimum Gasteiger partial charge on any atom is -0.327 e. The smallest absolute Gasteiger partial charge is 0.248 e. The van der Waals surface area contributed by atoms with E-state index in [9.17, 15) is 4.79 Å².